The topological polar surface area (TPSA) is 47.7 Å². The summed E-state index contributed by atoms with van der Waals surface area (Å²) < 4.78 is 16.0. The first-order chi connectivity index (χ1) is 9.11. The first-order valence-electron chi connectivity index (χ1n) is 6.47. The van der Waals surface area contributed by atoms with E-state index in [4.69, 9.17) is 0 Å². The van der Waals surface area contributed by atoms with Crippen molar-refractivity contribution in [1.82, 2.24) is 19.6 Å². The van der Waals surface area contributed by atoms with Crippen LogP contribution in [0.15, 0.2) is 18.6 Å². The van der Waals surface area contributed by atoms with E-state index in [2.05, 4.69) is 29.4 Å². The summed E-state index contributed by atoms with van der Waals surface area (Å²) in [7, 11) is 0. The number of nitrogens with one attached hydrogen (secondary N) is 1. The quantitative estimate of drug-likeness (QED) is 0.873. The molecule has 0 aliphatic rings. The molecule has 2 aromatic heterocycles. The van der Waals surface area contributed by atoms with Gasteiger partial charge in [0.1, 0.15) is 12.5 Å². The average Bonchev–Trinajstić information content (AvgIpc) is 2.96. The van der Waals surface area contributed by atoms with Gasteiger partial charge in [0.05, 0.1) is 18.9 Å². The molecule has 0 bridgehead atoms. The van der Waals surface area contributed by atoms with Crippen molar-refractivity contribution >= 4 is 5.82 Å². The second-order valence-corrected chi connectivity index (χ2v) is 4.86. The lowest BCUT2D eigenvalue weighted by molar-refractivity contribution is 0.429. The first kappa shape index (κ1) is 13.6. The molecule has 0 aliphatic heterocycles. The van der Waals surface area contributed by atoms with Crippen LogP contribution >= 0.6 is 0 Å². The van der Waals surface area contributed by atoms with Crippen molar-refractivity contribution in [2.45, 2.75) is 39.9 Å². The van der Waals surface area contributed by atoms with Crippen LogP contribution in [-0.2, 0) is 13.1 Å². The van der Waals surface area contributed by atoms with Crippen LogP contribution in [-0.4, -0.2) is 26.2 Å². The lowest BCUT2D eigenvalue weighted by atomic mass is 10.3. The highest BCUT2D eigenvalue weighted by atomic mass is 19.1. The molecule has 0 spiro atoms. The number of hydrogen-bond donors (Lipinski definition) is 1. The smallest absolute Gasteiger partial charge is 0.127 e. The minimum Gasteiger partial charge on any atom is -0.366 e. The second-order valence-electron chi connectivity index (χ2n) is 4.86. The van der Waals surface area contributed by atoms with Gasteiger partial charge in [-0.2, -0.15) is 10.2 Å². The Balaban J connectivity index is 2.03. The third-order valence-corrected chi connectivity index (χ3v) is 2.96. The van der Waals surface area contributed by atoms with Crippen molar-refractivity contribution in [3.63, 3.8) is 0 Å². The molecule has 0 saturated heterocycles. The maximum absolute atomic E-state index is 12.4. The lowest BCUT2D eigenvalue weighted by Crippen LogP contribution is -2.09. The van der Waals surface area contributed by atoms with Gasteiger partial charge >= 0.3 is 0 Å². The zero-order valence-corrected chi connectivity index (χ0v) is 11.6. The number of hydrogen-bond acceptors (Lipinski definition) is 3. The van der Waals surface area contributed by atoms with Gasteiger partial charge in [-0.1, -0.05) is 0 Å². The molecule has 19 heavy (non-hydrogen) atoms. The Morgan fingerprint density at radius 1 is 1.32 bits per heavy atom. The van der Waals surface area contributed by atoms with Gasteiger partial charge in [-0.05, 0) is 20.8 Å². The fraction of sp³-hybridized carbons (Fsp3) is 0.538. The Labute approximate surface area is 112 Å². The predicted molar refractivity (Wildman–Crippen MR) is 72.9 cm³/mol. The van der Waals surface area contributed by atoms with Gasteiger partial charge in [0, 0.05) is 29.9 Å². The van der Waals surface area contributed by atoms with E-state index in [1.54, 1.807) is 10.9 Å². The van der Waals surface area contributed by atoms with Crippen LogP contribution in [0, 0.1) is 6.92 Å². The summed E-state index contributed by atoms with van der Waals surface area (Å²) in [6, 6.07) is 0.354. The number of alkyl halides is 1. The number of aromatic nitrogens is 4. The number of nitrogens with zero attached hydrogens (tertiary/aromatic N) is 4. The monoisotopic (exact) mass is 265 g/mol. The normalized spacial score (nSPS) is 11.2. The minimum atomic E-state index is -0.416. The van der Waals surface area contributed by atoms with E-state index in [1.165, 1.54) is 0 Å². The predicted octanol–water partition coefficient (Wildman–Crippen LogP) is 2.55. The molecule has 0 amide bonds. The molecular weight excluding hydrogens is 245 g/mol. The molecule has 0 unspecified atom stereocenters. The van der Waals surface area contributed by atoms with Crippen molar-refractivity contribution in [3.8, 4) is 0 Å². The fourth-order valence-electron chi connectivity index (χ4n) is 1.90. The van der Waals surface area contributed by atoms with E-state index < -0.39 is 6.67 Å². The molecule has 0 atom stereocenters. The van der Waals surface area contributed by atoms with Crippen LogP contribution in [0.25, 0.3) is 0 Å². The number of aryl methyl sites for hydroxylation is 2. The molecule has 0 aliphatic carbocycles. The van der Waals surface area contributed by atoms with Gasteiger partial charge in [0.15, 0.2) is 0 Å². The van der Waals surface area contributed by atoms with Gasteiger partial charge in [0.25, 0.3) is 0 Å². The number of rotatable bonds is 6. The standard InChI is InChI=1S/C13H20FN5/c1-10(2)19-9-12(8-17-19)7-15-13-11(3)6-16-18(13)5-4-14/h6,8-10,15H,4-5,7H2,1-3H3. The number of anilines is 1. The summed E-state index contributed by atoms with van der Waals surface area (Å²) in [6.07, 6.45) is 5.61. The van der Waals surface area contributed by atoms with Crippen molar-refractivity contribution < 1.29 is 4.39 Å². The molecular formula is C13H20FN5. The van der Waals surface area contributed by atoms with Gasteiger partial charge < -0.3 is 5.32 Å². The van der Waals surface area contributed by atoms with E-state index in [1.807, 2.05) is 24.0 Å². The van der Waals surface area contributed by atoms with Crippen LogP contribution < -0.4 is 5.32 Å². The highest BCUT2D eigenvalue weighted by Crippen LogP contribution is 2.15. The SMILES string of the molecule is Cc1cnn(CCF)c1NCc1cnn(C(C)C)c1. The van der Waals surface area contributed by atoms with E-state index in [0.717, 1.165) is 16.9 Å². The Morgan fingerprint density at radius 3 is 2.74 bits per heavy atom. The summed E-state index contributed by atoms with van der Waals surface area (Å²) >= 11 is 0. The Kier molecular flexibility index (Phi) is 4.19. The van der Waals surface area contributed by atoms with Crippen LogP contribution in [0.2, 0.25) is 0 Å². The van der Waals surface area contributed by atoms with Crippen molar-refractivity contribution in [2.75, 3.05) is 12.0 Å². The first-order valence-corrected chi connectivity index (χ1v) is 6.47. The molecule has 2 heterocycles. The minimum absolute atomic E-state index is 0.279. The zero-order valence-electron chi connectivity index (χ0n) is 11.6. The zero-order chi connectivity index (χ0) is 13.8. The summed E-state index contributed by atoms with van der Waals surface area (Å²) in [5.74, 6) is 0.870. The summed E-state index contributed by atoms with van der Waals surface area (Å²) in [5, 5.41) is 11.7. The van der Waals surface area contributed by atoms with Crippen LogP contribution in [0.3, 0.4) is 0 Å². The van der Waals surface area contributed by atoms with Gasteiger partial charge in [0.2, 0.25) is 0 Å². The molecule has 0 aromatic carbocycles. The average molecular weight is 265 g/mol. The molecule has 5 nitrogen and oxygen atoms in total. The van der Waals surface area contributed by atoms with Crippen LogP contribution in [0.1, 0.15) is 31.0 Å². The van der Waals surface area contributed by atoms with Crippen molar-refractivity contribution in [1.29, 1.82) is 0 Å². The van der Waals surface area contributed by atoms with E-state index in [9.17, 15) is 4.39 Å². The fourth-order valence-corrected chi connectivity index (χ4v) is 1.90. The van der Waals surface area contributed by atoms with E-state index in [0.29, 0.717) is 12.6 Å². The van der Waals surface area contributed by atoms with E-state index >= 15 is 0 Å². The highest BCUT2D eigenvalue weighted by molar-refractivity contribution is 5.43. The van der Waals surface area contributed by atoms with Gasteiger partial charge in [-0.25, -0.2) is 9.07 Å². The summed E-state index contributed by atoms with van der Waals surface area (Å²) in [5.41, 5.74) is 2.12. The van der Waals surface area contributed by atoms with Crippen molar-refractivity contribution in [2.24, 2.45) is 0 Å². The second kappa shape index (κ2) is 5.86. The molecule has 6 heteroatoms. The number of halogens is 1. The molecule has 0 fully saturated rings. The Morgan fingerprint density at radius 2 is 2.11 bits per heavy atom. The molecule has 2 rings (SSSR count). The van der Waals surface area contributed by atoms with Crippen LogP contribution in [0.4, 0.5) is 10.2 Å². The highest BCUT2D eigenvalue weighted by Gasteiger charge is 2.08. The largest absolute Gasteiger partial charge is 0.366 e. The third-order valence-electron chi connectivity index (χ3n) is 2.96. The Bertz CT molecular complexity index is 529. The summed E-state index contributed by atoms with van der Waals surface area (Å²) in [6.45, 7) is 6.66. The molecule has 1 N–H and O–H groups in total. The molecule has 0 saturated carbocycles. The maximum Gasteiger partial charge on any atom is 0.127 e. The van der Waals surface area contributed by atoms with Gasteiger partial charge in [-0.15, -0.1) is 0 Å². The van der Waals surface area contributed by atoms with Gasteiger partial charge in [-0.3, -0.25) is 4.68 Å². The van der Waals surface area contributed by atoms with Crippen molar-refractivity contribution in [3.05, 3.63) is 29.7 Å². The summed E-state index contributed by atoms with van der Waals surface area (Å²) in [4.78, 5) is 0. The third kappa shape index (κ3) is 3.13. The Hall–Kier alpha value is -1.85. The molecule has 104 valence electrons. The van der Waals surface area contributed by atoms with E-state index in [-0.39, 0.29) is 6.54 Å². The molecule has 2 aromatic rings. The molecule has 0 radical (unpaired) electrons. The van der Waals surface area contributed by atoms with Crippen LogP contribution in [0.5, 0.6) is 0 Å². The maximum atomic E-state index is 12.4. The lowest BCUT2D eigenvalue weighted by Gasteiger charge is -2.09.